The van der Waals surface area contributed by atoms with Crippen molar-refractivity contribution >= 4 is 57.5 Å². The van der Waals surface area contributed by atoms with Gasteiger partial charge in [0.15, 0.2) is 0 Å². The first-order chi connectivity index (χ1) is 2.00. The van der Waals surface area contributed by atoms with Crippen LogP contribution in [0.25, 0.3) is 0 Å². The Labute approximate surface area is 76.1 Å². The van der Waals surface area contributed by atoms with Crippen LogP contribution >= 0.6 is 0 Å². The summed E-state index contributed by atoms with van der Waals surface area (Å²) in [6.45, 7) is 0. The minimum absolute atomic E-state index is 0. The third kappa shape index (κ3) is 89.4. The predicted molar refractivity (Wildman–Crippen MR) is 28.9 cm³/mol. The summed E-state index contributed by atoms with van der Waals surface area (Å²) in [5, 5.41) is 0. The van der Waals surface area contributed by atoms with Crippen molar-refractivity contribution in [3.05, 3.63) is 0 Å². The van der Waals surface area contributed by atoms with Crippen molar-refractivity contribution in [2.75, 3.05) is 0 Å². The van der Waals surface area contributed by atoms with E-state index in [1.54, 1.807) is 0 Å². The van der Waals surface area contributed by atoms with Crippen LogP contribution in [-0.4, -0.2) is 76.6 Å². The second kappa shape index (κ2) is 5.78. The summed E-state index contributed by atoms with van der Waals surface area (Å²) >= 11 is 0. The fourth-order valence-corrected chi connectivity index (χ4v) is 0. The molecule has 0 saturated heterocycles. The molecule has 0 amide bonds. The molecule has 0 fully saturated rings. The van der Waals surface area contributed by atoms with Gasteiger partial charge in [-0.3, -0.25) is 0 Å². The Kier molecular flexibility index (Phi) is 13.1. The van der Waals surface area contributed by atoms with Gasteiger partial charge in [-0.25, -0.2) is 0 Å². The van der Waals surface area contributed by atoms with E-state index in [0.29, 0.717) is 0 Å². The van der Waals surface area contributed by atoms with Crippen LogP contribution in [0.4, 0.5) is 0 Å². The maximum atomic E-state index is 7.33. The van der Waals surface area contributed by atoms with Gasteiger partial charge in [-0.15, -0.1) is 0 Å². The molecule has 4 nitrogen and oxygen atoms in total. The minimum atomic E-state index is -4.61. The van der Waals surface area contributed by atoms with Crippen molar-refractivity contribution in [3.63, 3.8) is 0 Å². The molecule has 0 spiro atoms. The zero-order valence-corrected chi connectivity index (χ0v) is 3.29. The molecule has 0 aromatic heterocycles. The molecule has 0 saturated carbocycles. The maximum absolute atomic E-state index is 7.33. The van der Waals surface area contributed by atoms with E-state index in [1.165, 1.54) is 0 Å². The second-order valence-electron chi connectivity index (χ2n) is 0.600. The molecule has 0 unspecified atom stereocenters. The predicted octanol–water partition coefficient (Wildman–Crippen LogP) is -3.91. The van der Waals surface area contributed by atoms with Crippen LogP contribution in [0, 0.1) is 0 Å². The summed E-state index contributed by atoms with van der Waals surface area (Å²) in [6, 6.07) is 0. The SMILES string of the molecule is O[Si](O)(O)O.[LiH].[NaH]. The van der Waals surface area contributed by atoms with Gasteiger partial charge in [0.25, 0.3) is 0 Å². The standard InChI is InChI=1S/Li.Na.H4O4Si.2H/c;;1-5(2,3)4;;/h;;1-4H;;. The topological polar surface area (TPSA) is 80.9 Å². The van der Waals surface area contributed by atoms with Crippen LogP contribution < -0.4 is 0 Å². The van der Waals surface area contributed by atoms with Gasteiger partial charge in [0.1, 0.15) is 0 Å². The Bertz CT molecular complexity index is 27.2. The molecular weight excluding hydrogens is 122 g/mol. The normalized spacial score (nSPS) is 8.57. The van der Waals surface area contributed by atoms with E-state index in [-0.39, 0.29) is 48.4 Å². The van der Waals surface area contributed by atoms with E-state index in [4.69, 9.17) is 19.2 Å². The summed E-state index contributed by atoms with van der Waals surface area (Å²) < 4.78 is 0. The molecule has 0 rings (SSSR count). The summed E-state index contributed by atoms with van der Waals surface area (Å²) in [7, 11) is -4.61. The van der Waals surface area contributed by atoms with Crippen LogP contribution in [0.3, 0.4) is 0 Å². The van der Waals surface area contributed by atoms with E-state index >= 15 is 0 Å². The zero-order valence-electron chi connectivity index (χ0n) is 2.29. The molecule has 36 valence electrons. The molecule has 0 aromatic rings. The van der Waals surface area contributed by atoms with Crippen LogP contribution in [-0.2, 0) is 0 Å². The molecule has 0 bridgehead atoms. The molecule has 0 aromatic carbocycles. The first-order valence-corrected chi connectivity index (χ1v) is 2.68. The van der Waals surface area contributed by atoms with Crippen molar-refractivity contribution in [2.45, 2.75) is 0 Å². The van der Waals surface area contributed by atoms with E-state index in [0.717, 1.165) is 0 Å². The number of hydrogen-bond acceptors (Lipinski definition) is 4. The van der Waals surface area contributed by atoms with Gasteiger partial charge in [-0.2, -0.15) is 0 Å². The Morgan fingerprint density at radius 1 is 0.857 bits per heavy atom. The summed E-state index contributed by atoms with van der Waals surface area (Å²) in [5.74, 6) is 0. The first-order valence-electron chi connectivity index (χ1n) is 0.894. The van der Waals surface area contributed by atoms with E-state index < -0.39 is 9.05 Å². The first kappa shape index (κ1) is 15.9. The average molecular weight is 128 g/mol. The van der Waals surface area contributed by atoms with Crippen LogP contribution in [0.1, 0.15) is 0 Å². The zero-order chi connectivity index (χ0) is 4.50. The van der Waals surface area contributed by atoms with Crippen molar-refractivity contribution in [1.82, 2.24) is 0 Å². The summed E-state index contributed by atoms with van der Waals surface area (Å²) in [5.41, 5.74) is 0. The molecular formula is H6LiNaO4Si. The van der Waals surface area contributed by atoms with Crippen molar-refractivity contribution in [2.24, 2.45) is 0 Å². The average Bonchev–Trinajstić information content (AvgIpc) is 0.722. The monoisotopic (exact) mass is 128 g/mol. The van der Waals surface area contributed by atoms with Crippen molar-refractivity contribution in [3.8, 4) is 0 Å². The van der Waals surface area contributed by atoms with Gasteiger partial charge >= 0.3 is 57.5 Å². The van der Waals surface area contributed by atoms with Crippen molar-refractivity contribution in [1.29, 1.82) is 0 Å². The molecule has 0 aliphatic rings. The Balaban J connectivity index is -0.0000000800. The summed E-state index contributed by atoms with van der Waals surface area (Å²) in [4.78, 5) is 29.3. The molecule has 0 heterocycles. The molecule has 0 aliphatic carbocycles. The second-order valence-corrected chi connectivity index (χ2v) is 1.80. The van der Waals surface area contributed by atoms with Gasteiger partial charge in [0.05, 0.1) is 0 Å². The molecule has 0 radical (unpaired) electrons. The van der Waals surface area contributed by atoms with E-state index in [1.807, 2.05) is 0 Å². The van der Waals surface area contributed by atoms with Crippen LogP contribution in [0.2, 0.25) is 0 Å². The van der Waals surface area contributed by atoms with E-state index in [2.05, 4.69) is 0 Å². The molecule has 7 heavy (non-hydrogen) atoms. The summed E-state index contributed by atoms with van der Waals surface area (Å²) in [6.07, 6.45) is 0. The number of rotatable bonds is 0. The quantitative estimate of drug-likeness (QED) is 0.251. The molecule has 7 heteroatoms. The Morgan fingerprint density at radius 2 is 0.857 bits per heavy atom. The molecule has 0 atom stereocenters. The van der Waals surface area contributed by atoms with Gasteiger partial charge in [-0.05, 0) is 0 Å². The Hall–Kier alpha value is 1.65. The Morgan fingerprint density at radius 3 is 0.857 bits per heavy atom. The molecule has 4 N–H and O–H groups in total. The van der Waals surface area contributed by atoms with E-state index in [9.17, 15) is 0 Å². The van der Waals surface area contributed by atoms with Gasteiger partial charge in [-0.1, -0.05) is 0 Å². The van der Waals surface area contributed by atoms with Crippen LogP contribution in [0.15, 0.2) is 0 Å². The number of hydrogen-bond donors (Lipinski definition) is 4. The van der Waals surface area contributed by atoms with Crippen molar-refractivity contribution < 1.29 is 19.2 Å². The fourth-order valence-electron chi connectivity index (χ4n) is 0. The van der Waals surface area contributed by atoms with Gasteiger partial charge < -0.3 is 19.2 Å². The molecule has 0 aliphatic heterocycles. The third-order valence-electron chi connectivity index (χ3n) is 0. The van der Waals surface area contributed by atoms with Gasteiger partial charge in [0, 0.05) is 0 Å². The van der Waals surface area contributed by atoms with Crippen LogP contribution in [0.5, 0.6) is 0 Å². The third-order valence-corrected chi connectivity index (χ3v) is 0. The fraction of sp³-hybridized carbons (Fsp3) is 0. The van der Waals surface area contributed by atoms with Gasteiger partial charge in [0.2, 0.25) is 0 Å².